The number of rotatable bonds is 8. The number of amides is 2. The Balaban J connectivity index is 1.40. The third kappa shape index (κ3) is 7.15. The summed E-state index contributed by atoms with van der Waals surface area (Å²) in [6.07, 6.45) is 4.73. The first-order chi connectivity index (χ1) is 16.8. The Labute approximate surface area is 210 Å². The Morgan fingerprint density at radius 2 is 1.03 bits per heavy atom. The van der Waals surface area contributed by atoms with Crippen LogP contribution in [0.2, 0.25) is 0 Å². The number of nitrogens with one attached hydrogen (secondary N) is 2. The second-order valence-electron chi connectivity index (χ2n) is 11.1. The van der Waals surface area contributed by atoms with Gasteiger partial charge in [-0.3, -0.25) is 19.4 Å². The third-order valence-corrected chi connectivity index (χ3v) is 7.05. The maximum Gasteiger partial charge on any atom is 0.238 e. The van der Waals surface area contributed by atoms with Gasteiger partial charge in [0.15, 0.2) is 0 Å². The minimum atomic E-state index is 0.00103. The number of anilines is 2. The van der Waals surface area contributed by atoms with Crippen molar-refractivity contribution in [3.05, 3.63) is 59.7 Å². The average Bonchev–Trinajstić information content (AvgIpc) is 3.50. The van der Waals surface area contributed by atoms with Crippen LogP contribution in [-0.4, -0.2) is 60.9 Å². The van der Waals surface area contributed by atoms with Gasteiger partial charge in [-0.2, -0.15) is 0 Å². The molecule has 35 heavy (non-hydrogen) atoms. The number of hydrogen-bond acceptors (Lipinski definition) is 4. The molecule has 6 nitrogen and oxygen atoms in total. The van der Waals surface area contributed by atoms with Crippen LogP contribution in [0.3, 0.4) is 0 Å². The first-order valence-electron chi connectivity index (χ1n) is 13.0. The molecule has 2 heterocycles. The lowest BCUT2D eigenvalue weighted by Crippen LogP contribution is -2.30. The molecule has 0 unspecified atom stereocenters. The molecule has 0 saturated carbocycles. The topological polar surface area (TPSA) is 64.7 Å². The fourth-order valence-electron chi connectivity index (χ4n) is 5.40. The second-order valence-corrected chi connectivity index (χ2v) is 11.1. The monoisotopic (exact) mass is 476 g/mol. The Hall–Kier alpha value is -2.70. The van der Waals surface area contributed by atoms with Gasteiger partial charge in [0, 0.05) is 17.3 Å². The molecule has 2 amide bonds. The van der Waals surface area contributed by atoms with Crippen molar-refractivity contribution in [2.45, 2.75) is 52.4 Å². The van der Waals surface area contributed by atoms with E-state index in [-0.39, 0.29) is 23.1 Å². The summed E-state index contributed by atoms with van der Waals surface area (Å²) in [6.45, 7) is 11.7. The molecule has 4 rings (SSSR count). The summed E-state index contributed by atoms with van der Waals surface area (Å²) in [5.74, 6) is 0.287. The fraction of sp³-hybridized carbons (Fsp3) is 0.517. The highest BCUT2D eigenvalue weighted by atomic mass is 16.2. The molecule has 0 atom stereocenters. The SMILES string of the molecule is CC(C)(C)C(c1ccc(NC(=O)CN2CCCC2)cc1)c1ccc(NC(=O)CN2CCCC2)cc1. The van der Waals surface area contributed by atoms with Crippen LogP contribution in [0.1, 0.15) is 63.5 Å². The first kappa shape index (κ1) is 25.4. The van der Waals surface area contributed by atoms with Crippen LogP contribution in [0.4, 0.5) is 11.4 Å². The van der Waals surface area contributed by atoms with Crippen molar-refractivity contribution in [3.63, 3.8) is 0 Å². The van der Waals surface area contributed by atoms with Crippen LogP contribution in [0.15, 0.2) is 48.5 Å². The molecule has 2 aromatic rings. The molecule has 6 heteroatoms. The molecule has 188 valence electrons. The lowest BCUT2D eigenvalue weighted by Gasteiger charge is -2.32. The van der Waals surface area contributed by atoms with Gasteiger partial charge in [-0.15, -0.1) is 0 Å². The first-order valence-corrected chi connectivity index (χ1v) is 13.0. The van der Waals surface area contributed by atoms with E-state index >= 15 is 0 Å². The number of carbonyl (C=O) groups excluding carboxylic acids is 2. The lowest BCUT2D eigenvalue weighted by atomic mass is 9.72. The number of benzene rings is 2. The van der Waals surface area contributed by atoms with Crippen molar-refractivity contribution in [2.75, 3.05) is 49.9 Å². The van der Waals surface area contributed by atoms with Gasteiger partial charge < -0.3 is 10.6 Å². The van der Waals surface area contributed by atoms with Crippen molar-refractivity contribution in [1.82, 2.24) is 9.80 Å². The highest BCUT2D eigenvalue weighted by Crippen LogP contribution is 2.41. The van der Waals surface area contributed by atoms with Gasteiger partial charge in [-0.05, 0) is 92.7 Å². The summed E-state index contributed by atoms with van der Waals surface area (Å²) in [6, 6.07) is 16.5. The summed E-state index contributed by atoms with van der Waals surface area (Å²) in [7, 11) is 0. The van der Waals surface area contributed by atoms with Gasteiger partial charge in [0.05, 0.1) is 13.1 Å². The van der Waals surface area contributed by atoms with Crippen molar-refractivity contribution in [2.24, 2.45) is 5.41 Å². The third-order valence-electron chi connectivity index (χ3n) is 7.05. The van der Waals surface area contributed by atoms with Crippen LogP contribution >= 0.6 is 0 Å². The summed E-state index contributed by atoms with van der Waals surface area (Å²) in [5.41, 5.74) is 4.09. The van der Waals surface area contributed by atoms with Gasteiger partial charge in [-0.25, -0.2) is 0 Å². The van der Waals surface area contributed by atoms with E-state index in [0.29, 0.717) is 13.1 Å². The zero-order valence-corrected chi connectivity index (χ0v) is 21.5. The van der Waals surface area contributed by atoms with E-state index in [1.54, 1.807) is 0 Å². The molecule has 0 aromatic heterocycles. The Morgan fingerprint density at radius 3 is 1.34 bits per heavy atom. The van der Waals surface area contributed by atoms with E-state index in [1.165, 1.54) is 36.8 Å². The fourth-order valence-corrected chi connectivity index (χ4v) is 5.40. The van der Waals surface area contributed by atoms with Crippen molar-refractivity contribution in [3.8, 4) is 0 Å². The van der Waals surface area contributed by atoms with Crippen LogP contribution in [0.5, 0.6) is 0 Å². The number of hydrogen-bond donors (Lipinski definition) is 2. The minimum absolute atomic E-state index is 0.00103. The second kappa shape index (κ2) is 11.4. The van der Waals surface area contributed by atoms with E-state index in [1.807, 2.05) is 24.3 Å². The smallest absolute Gasteiger partial charge is 0.238 e. The molecule has 2 fully saturated rings. The van der Waals surface area contributed by atoms with Gasteiger partial charge in [0.1, 0.15) is 0 Å². The Kier molecular flexibility index (Phi) is 8.24. The van der Waals surface area contributed by atoms with Crippen LogP contribution in [-0.2, 0) is 9.59 Å². The molecule has 2 saturated heterocycles. The van der Waals surface area contributed by atoms with E-state index in [0.717, 1.165) is 37.6 Å². The predicted molar refractivity (Wildman–Crippen MR) is 143 cm³/mol. The molecular formula is C29H40N4O2. The molecule has 2 aliphatic rings. The summed E-state index contributed by atoms with van der Waals surface area (Å²) >= 11 is 0. The van der Waals surface area contributed by atoms with Crippen molar-refractivity contribution >= 4 is 23.2 Å². The normalized spacial score (nSPS) is 17.1. The summed E-state index contributed by atoms with van der Waals surface area (Å²) in [5, 5.41) is 6.08. The van der Waals surface area contributed by atoms with Gasteiger partial charge in [0.2, 0.25) is 11.8 Å². The zero-order chi connectivity index (χ0) is 24.8. The Morgan fingerprint density at radius 1 is 0.686 bits per heavy atom. The average molecular weight is 477 g/mol. The van der Waals surface area contributed by atoms with Crippen LogP contribution in [0, 0.1) is 5.41 Å². The molecule has 2 N–H and O–H groups in total. The molecule has 0 aliphatic carbocycles. The van der Waals surface area contributed by atoms with Gasteiger partial charge in [-0.1, -0.05) is 45.0 Å². The van der Waals surface area contributed by atoms with Gasteiger partial charge in [0.25, 0.3) is 0 Å². The highest BCUT2D eigenvalue weighted by Gasteiger charge is 2.28. The maximum absolute atomic E-state index is 12.4. The van der Waals surface area contributed by atoms with Crippen LogP contribution < -0.4 is 10.6 Å². The van der Waals surface area contributed by atoms with Crippen molar-refractivity contribution in [1.29, 1.82) is 0 Å². The molecule has 0 bridgehead atoms. The minimum Gasteiger partial charge on any atom is -0.325 e. The Bertz CT molecular complexity index is 907. The van der Waals surface area contributed by atoms with Crippen molar-refractivity contribution < 1.29 is 9.59 Å². The largest absolute Gasteiger partial charge is 0.325 e. The molecule has 0 spiro atoms. The quantitative estimate of drug-likeness (QED) is 0.567. The molecule has 2 aromatic carbocycles. The number of carbonyl (C=O) groups is 2. The summed E-state index contributed by atoms with van der Waals surface area (Å²) < 4.78 is 0. The summed E-state index contributed by atoms with van der Waals surface area (Å²) in [4.78, 5) is 29.2. The molecule has 0 radical (unpaired) electrons. The van der Waals surface area contributed by atoms with E-state index < -0.39 is 0 Å². The standard InChI is InChI=1S/C29H40N4O2/c1-29(2,3)28(22-8-12-24(13-9-22)30-26(34)20-32-16-4-5-17-32)23-10-14-25(15-11-23)31-27(35)21-33-18-6-7-19-33/h8-15,28H,4-7,16-21H2,1-3H3,(H,30,34)(H,31,35). The van der Waals surface area contributed by atoms with Gasteiger partial charge >= 0.3 is 0 Å². The van der Waals surface area contributed by atoms with E-state index in [9.17, 15) is 9.59 Å². The molecular weight excluding hydrogens is 436 g/mol. The number of nitrogens with zero attached hydrogens (tertiary/aromatic N) is 2. The maximum atomic E-state index is 12.4. The predicted octanol–water partition coefficient (Wildman–Crippen LogP) is 4.93. The highest BCUT2D eigenvalue weighted by molar-refractivity contribution is 5.92. The lowest BCUT2D eigenvalue weighted by molar-refractivity contribution is -0.117. The van der Waals surface area contributed by atoms with Crippen LogP contribution in [0.25, 0.3) is 0 Å². The molecule has 2 aliphatic heterocycles. The number of likely N-dealkylation sites (tertiary alicyclic amines) is 2. The van der Waals surface area contributed by atoms with E-state index in [4.69, 9.17) is 0 Å². The van der Waals surface area contributed by atoms with E-state index in [2.05, 4.69) is 65.5 Å². The zero-order valence-electron chi connectivity index (χ0n) is 21.5.